The standard InChI is InChI=1S/C19H25N3O6/c1-18(2,3)28-17(25)27-9-8-26-16-20-11-12-10-13(6-7-14(12)21-16)22-19(4,5)15(23)24/h6-7,10-11,22H,8-9H2,1-5H3,(H,23,24). The molecule has 1 aromatic carbocycles. The van der Waals surface area contributed by atoms with Crippen molar-refractivity contribution in [3.8, 4) is 6.01 Å². The van der Waals surface area contributed by atoms with Crippen LogP contribution in [0.3, 0.4) is 0 Å². The van der Waals surface area contributed by atoms with Crippen molar-refractivity contribution in [3.05, 3.63) is 24.4 Å². The van der Waals surface area contributed by atoms with E-state index in [1.165, 1.54) is 0 Å². The molecule has 0 spiro atoms. The average molecular weight is 391 g/mol. The van der Waals surface area contributed by atoms with Gasteiger partial charge in [-0.15, -0.1) is 0 Å². The van der Waals surface area contributed by atoms with Gasteiger partial charge in [0.1, 0.15) is 24.4 Å². The maximum absolute atomic E-state index is 11.4. The number of ether oxygens (including phenoxy) is 3. The Bertz CT molecular complexity index is 860. The number of carbonyl (C=O) groups excluding carboxylic acids is 1. The molecule has 0 saturated heterocycles. The molecule has 0 aliphatic heterocycles. The number of carboxylic acid groups (broad SMARTS) is 1. The van der Waals surface area contributed by atoms with Crippen molar-refractivity contribution in [3.63, 3.8) is 0 Å². The van der Waals surface area contributed by atoms with E-state index in [4.69, 9.17) is 14.2 Å². The summed E-state index contributed by atoms with van der Waals surface area (Å²) in [7, 11) is 0. The summed E-state index contributed by atoms with van der Waals surface area (Å²) in [5, 5.41) is 12.9. The Kier molecular flexibility index (Phi) is 6.27. The number of anilines is 1. The van der Waals surface area contributed by atoms with Crippen molar-refractivity contribution in [2.75, 3.05) is 18.5 Å². The van der Waals surface area contributed by atoms with Crippen molar-refractivity contribution in [2.24, 2.45) is 0 Å². The van der Waals surface area contributed by atoms with Crippen LogP contribution >= 0.6 is 0 Å². The van der Waals surface area contributed by atoms with Gasteiger partial charge in [-0.2, -0.15) is 4.98 Å². The first-order valence-electron chi connectivity index (χ1n) is 8.73. The summed E-state index contributed by atoms with van der Waals surface area (Å²) in [6, 6.07) is 5.37. The molecule has 2 rings (SSSR count). The maximum atomic E-state index is 11.4. The Morgan fingerprint density at radius 2 is 1.86 bits per heavy atom. The van der Waals surface area contributed by atoms with Crippen molar-refractivity contribution < 1.29 is 28.9 Å². The average Bonchev–Trinajstić information content (AvgIpc) is 2.56. The van der Waals surface area contributed by atoms with Gasteiger partial charge < -0.3 is 24.6 Å². The van der Waals surface area contributed by atoms with Crippen LogP contribution in [-0.2, 0) is 14.3 Å². The molecular formula is C19H25N3O6. The second-order valence-electron chi connectivity index (χ2n) is 7.64. The first-order valence-corrected chi connectivity index (χ1v) is 8.73. The molecule has 9 heteroatoms. The first-order chi connectivity index (χ1) is 13.0. The number of carboxylic acids is 1. The maximum Gasteiger partial charge on any atom is 0.508 e. The second-order valence-corrected chi connectivity index (χ2v) is 7.64. The van der Waals surface area contributed by atoms with E-state index < -0.39 is 23.3 Å². The summed E-state index contributed by atoms with van der Waals surface area (Å²) in [6.07, 6.45) is 0.811. The van der Waals surface area contributed by atoms with Gasteiger partial charge in [-0.3, -0.25) is 0 Å². The van der Waals surface area contributed by atoms with Crippen molar-refractivity contribution in [2.45, 2.75) is 45.8 Å². The minimum atomic E-state index is -1.11. The number of nitrogens with one attached hydrogen (secondary N) is 1. The van der Waals surface area contributed by atoms with Crippen LogP contribution in [0.15, 0.2) is 24.4 Å². The lowest BCUT2D eigenvalue weighted by Gasteiger charge is -2.22. The summed E-state index contributed by atoms with van der Waals surface area (Å²) in [5.74, 6) is -0.957. The number of aliphatic carboxylic acids is 1. The summed E-state index contributed by atoms with van der Waals surface area (Å²) in [4.78, 5) is 31.1. The zero-order chi connectivity index (χ0) is 20.9. The summed E-state index contributed by atoms with van der Waals surface area (Å²) in [5.41, 5.74) is -0.446. The fourth-order valence-electron chi connectivity index (χ4n) is 2.12. The Labute approximate surface area is 163 Å². The second kappa shape index (κ2) is 8.28. The third-order valence-corrected chi connectivity index (χ3v) is 3.47. The van der Waals surface area contributed by atoms with E-state index in [1.54, 1.807) is 59.0 Å². The molecule has 28 heavy (non-hydrogen) atoms. The number of rotatable bonds is 7. The molecule has 2 N–H and O–H groups in total. The number of fused-ring (bicyclic) bond motifs is 1. The summed E-state index contributed by atoms with van der Waals surface area (Å²) in [6.45, 7) is 8.48. The van der Waals surface area contributed by atoms with E-state index in [2.05, 4.69) is 15.3 Å². The van der Waals surface area contributed by atoms with Gasteiger partial charge in [0.2, 0.25) is 0 Å². The van der Waals surface area contributed by atoms with E-state index in [0.29, 0.717) is 11.2 Å². The molecule has 0 saturated carbocycles. The van der Waals surface area contributed by atoms with E-state index in [0.717, 1.165) is 5.39 Å². The highest BCUT2D eigenvalue weighted by atomic mass is 16.7. The SMILES string of the molecule is CC(C)(C)OC(=O)OCCOc1ncc2cc(NC(C)(C)C(=O)O)ccc2n1. The van der Waals surface area contributed by atoms with Gasteiger partial charge in [0, 0.05) is 17.3 Å². The minimum absolute atomic E-state index is 0.00341. The lowest BCUT2D eigenvalue weighted by molar-refractivity contribution is -0.141. The third kappa shape index (κ3) is 6.26. The highest BCUT2D eigenvalue weighted by Crippen LogP contribution is 2.21. The predicted molar refractivity (Wildman–Crippen MR) is 103 cm³/mol. The molecule has 1 heterocycles. The number of aromatic nitrogens is 2. The number of hydrogen-bond donors (Lipinski definition) is 2. The largest absolute Gasteiger partial charge is 0.508 e. The lowest BCUT2D eigenvalue weighted by atomic mass is 10.1. The summed E-state index contributed by atoms with van der Waals surface area (Å²) >= 11 is 0. The quantitative estimate of drug-likeness (QED) is 0.541. The van der Waals surface area contributed by atoms with E-state index in [1.807, 2.05) is 0 Å². The van der Waals surface area contributed by atoms with Gasteiger partial charge in [-0.05, 0) is 52.8 Å². The van der Waals surface area contributed by atoms with Gasteiger partial charge in [0.25, 0.3) is 0 Å². The van der Waals surface area contributed by atoms with Crippen LogP contribution in [0, 0.1) is 0 Å². The lowest BCUT2D eigenvalue weighted by Crippen LogP contribution is -2.39. The molecular weight excluding hydrogens is 366 g/mol. The molecule has 0 bridgehead atoms. The molecule has 1 aromatic heterocycles. The van der Waals surface area contributed by atoms with E-state index in [-0.39, 0.29) is 19.2 Å². The van der Waals surface area contributed by atoms with Gasteiger partial charge in [-0.25, -0.2) is 14.6 Å². The molecule has 0 aliphatic rings. The van der Waals surface area contributed by atoms with Crippen molar-refractivity contribution in [1.29, 1.82) is 0 Å². The number of hydrogen-bond acceptors (Lipinski definition) is 8. The molecule has 0 aliphatic carbocycles. The van der Waals surface area contributed by atoms with Crippen molar-refractivity contribution in [1.82, 2.24) is 9.97 Å². The Balaban J connectivity index is 1.93. The topological polar surface area (TPSA) is 120 Å². The van der Waals surface area contributed by atoms with E-state index >= 15 is 0 Å². The number of benzene rings is 1. The van der Waals surface area contributed by atoms with Gasteiger partial charge in [0.05, 0.1) is 5.52 Å². The van der Waals surface area contributed by atoms with Crippen molar-refractivity contribution >= 4 is 28.7 Å². The van der Waals surface area contributed by atoms with Gasteiger partial charge in [0.15, 0.2) is 0 Å². The Hall–Kier alpha value is -3.10. The normalized spacial score (nSPS) is 11.8. The number of carbonyl (C=O) groups is 2. The van der Waals surface area contributed by atoms with Crippen LogP contribution < -0.4 is 10.1 Å². The van der Waals surface area contributed by atoms with Gasteiger partial charge >= 0.3 is 18.1 Å². The van der Waals surface area contributed by atoms with Gasteiger partial charge in [-0.1, -0.05) is 0 Å². The minimum Gasteiger partial charge on any atom is -0.480 e. The molecule has 9 nitrogen and oxygen atoms in total. The van der Waals surface area contributed by atoms with Crippen LogP contribution in [0.1, 0.15) is 34.6 Å². The fourth-order valence-corrected chi connectivity index (χ4v) is 2.12. The van der Waals surface area contributed by atoms with Crippen LogP contribution in [0.4, 0.5) is 10.5 Å². The molecule has 0 radical (unpaired) electrons. The smallest absolute Gasteiger partial charge is 0.480 e. The van der Waals surface area contributed by atoms with Crippen LogP contribution in [0.25, 0.3) is 10.9 Å². The zero-order valence-electron chi connectivity index (χ0n) is 16.6. The van der Waals surface area contributed by atoms with Crippen LogP contribution in [-0.4, -0.2) is 51.6 Å². The summed E-state index contributed by atoms with van der Waals surface area (Å²) < 4.78 is 15.3. The molecule has 0 atom stereocenters. The highest BCUT2D eigenvalue weighted by molar-refractivity contribution is 5.85. The van der Waals surface area contributed by atoms with Crippen LogP contribution in [0.2, 0.25) is 0 Å². The third-order valence-electron chi connectivity index (χ3n) is 3.47. The monoisotopic (exact) mass is 391 g/mol. The fraction of sp³-hybridized carbons (Fsp3) is 0.474. The molecule has 0 unspecified atom stereocenters. The van der Waals surface area contributed by atoms with E-state index in [9.17, 15) is 14.7 Å². The molecule has 0 amide bonds. The predicted octanol–water partition coefficient (Wildman–Crippen LogP) is 3.24. The van der Waals surface area contributed by atoms with Crippen LogP contribution in [0.5, 0.6) is 6.01 Å². The first kappa shape index (κ1) is 21.2. The molecule has 152 valence electrons. The zero-order valence-corrected chi connectivity index (χ0v) is 16.6. The molecule has 2 aromatic rings. The number of nitrogens with zero attached hydrogens (tertiary/aromatic N) is 2. The highest BCUT2D eigenvalue weighted by Gasteiger charge is 2.26. The Morgan fingerprint density at radius 3 is 2.50 bits per heavy atom. The molecule has 0 fully saturated rings. The Morgan fingerprint density at radius 1 is 1.14 bits per heavy atom.